The van der Waals surface area contributed by atoms with E-state index in [4.69, 9.17) is 4.84 Å². The molecule has 0 amide bonds. The van der Waals surface area contributed by atoms with Gasteiger partial charge in [0.1, 0.15) is 0 Å². The van der Waals surface area contributed by atoms with E-state index in [1.807, 2.05) is 0 Å². The summed E-state index contributed by atoms with van der Waals surface area (Å²) in [5.41, 5.74) is 0. The van der Waals surface area contributed by atoms with E-state index in [1.54, 1.807) is 5.06 Å². The molecule has 0 atom stereocenters. The Balaban J connectivity index is 2.21. The van der Waals surface area contributed by atoms with E-state index in [9.17, 15) is 4.79 Å². The molecule has 1 saturated heterocycles. The van der Waals surface area contributed by atoms with Crippen LogP contribution in [0.15, 0.2) is 12.7 Å². The third-order valence-electron chi connectivity index (χ3n) is 2.26. The summed E-state index contributed by atoms with van der Waals surface area (Å²) >= 11 is 0. The Morgan fingerprint density at radius 3 is 2.57 bits per heavy atom. The number of piperazine rings is 1. The molecule has 1 aliphatic rings. The van der Waals surface area contributed by atoms with Gasteiger partial charge < -0.3 is 9.74 Å². The highest BCUT2D eigenvalue weighted by Crippen LogP contribution is 2.03. The molecular formula is C10H18N2O2. The zero-order valence-electron chi connectivity index (χ0n) is 8.74. The van der Waals surface area contributed by atoms with Crippen molar-refractivity contribution in [3.8, 4) is 0 Å². The van der Waals surface area contributed by atoms with Crippen LogP contribution in [-0.2, 0) is 9.63 Å². The van der Waals surface area contributed by atoms with Gasteiger partial charge in [-0.15, -0.1) is 5.06 Å². The van der Waals surface area contributed by atoms with Gasteiger partial charge >= 0.3 is 5.97 Å². The van der Waals surface area contributed by atoms with Crippen LogP contribution in [-0.4, -0.2) is 48.7 Å². The summed E-state index contributed by atoms with van der Waals surface area (Å²) in [4.78, 5) is 18.3. The SMILES string of the molecule is C=CC(=O)ON1CCN(CCC)CC1. The van der Waals surface area contributed by atoms with Crippen molar-refractivity contribution in [1.82, 2.24) is 9.96 Å². The molecule has 4 nitrogen and oxygen atoms in total. The summed E-state index contributed by atoms with van der Waals surface area (Å²) < 4.78 is 0. The highest BCUT2D eigenvalue weighted by molar-refractivity contribution is 5.80. The van der Waals surface area contributed by atoms with E-state index >= 15 is 0 Å². The summed E-state index contributed by atoms with van der Waals surface area (Å²) in [7, 11) is 0. The molecule has 1 fully saturated rings. The number of carbonyl (C=O) groups is 1. The van der Waals surface area contributed by atoms with Crippen LogP contribution in [0.3, 0.4) is 0 Å². The first-order valence-corrected chi connectivity index (χ1v) is 5.08. The predicted molar refractivity (Wildman–Crippen MR) is 54.6 cm³/mol. The summed E-state index contributed by atoms with van der Waals surface area (Å²) in [6.07, 6.45) is 2.37. The third kappa shape index (κ3) is 3.47. The maximum Gasteiger partial charge on any atom is 0.349 e. The van der Waals surface area contributed by atoms with Crippen molar-refractivity contribution in [2.75, 3.05) is 32.7 Å². The lowest BCUT2D eigenvalue weighted by molar-refractivity contribution is -0.191. The summed E-state index contributed by atoms with van der Waals surface area (Å²) in [5, 5.41) is 1.70. The third-order valence-corrected chi connectivity index (χ3v) is 2.26. The lowest BCUT2D eigenvalue weighted by Crippen LogP contribution is -2.46. The van der Waals surface area contributed by atoms with E-state index in [-0.39, 0.29) is 5.97 Å². The van der Waals surface area contributed by atoms with Crippen molar-refractivity contribution in [3.05, 3.63) is 12.7 Å². The van der Waals surface area contributed by atoms with Crippen LogP contribution in [0, 0.1) is 0 Å². The Bertz CT molecular complexity index is 198. The Morgan fingerprint density at radius 2 is 2.07 bits per heavy atom. The molecule has 0 aliphatic carbocycles. The van der Waals surface area contributed by atoms with E-state index in [0.29, 0.717) is 0 Å². The predicted octanol–water partition coefficient (Wildman–Crippen LogP) is 0.658. The minimum absolute atomic E-state index is 0.367. The smallest absolute Gasteiger partial charge is 0.349 e. The van der Waals surface area contributed by atoms with Gasteiger partial charge in [0.25, 0.3) is 0 Å². The second-order valence-electron chi connectivity index (χ2n) is 3.39. The maximum atomic E-state index is 10.9. The highest BCUT2D eigenvalue weighted by Gasteiger charge is 2.18. The molecule has 0 radical (unpaired) electrons. The number of hydroxylamine groups is 2. The van der Waals surface area contributed by atoms with Crippen molar-refractivity contribution in [1.29, 1.82) is 0 Å². The van der Waals surface area contributed by atoms with E-state index in [2.05, 4.69) is 18.4 Å². The van der Waals surface area contributed by atoms with Gasteiger partial charge in [0.2, 0.25) is 0 Å². The number of hydrogen-bond donors (Lipinski definition) is 0. The van der Waals surface area contributed by atoms with Crippen molar-refractivity contribution >= 4 is 5.97 Å². The first kappa shape index (κ1) is 11.2. The van der Waals surface area contributed by atoms with Crippen LogP contribution in [0.4, 0.5) is 0 Å². The van der Waals surface area contributed by atoms with Crippen LogP contribution in [0.25, 0.3) is 0 Å². The van der Waals surface area contributed by atoms with Crippen molar-refractivity contribution in [2.24, 2.45) is 0 Å². The van der Waals surface area contributed by atoms with Gasteiger partial charge in [-0.05, 0) is 13.0 Å². The van der Waals surface area contributed by atoms with Crippen LogP contribution in [0.1, 0.15) is 13.3 Å². The summed E-state index contributed by atoms with van der Waals surface area (Å²) in [5.74, 6) is -0.367. The van der Waals surface area contributed by atoms with Gasteiger partial charge in [0.05, 0.1) is 0 Å². The Labute approximate surface area is 85.1 Å². The average Bonchev–Trinajstić information content (AvgIpc) is 2.21. The second kappa shape index (κ2) is 5.78. The molecule has 1 aliphatic heterocycles. The van der Waals surface area contributed by atoms with Gasteiger partial charge in [-0.1, -0.05) is 13.5 Å². The molecule has 0 aromatic rings. The summed E-state index contributed by atoms with van der Waals surface area (Å²) in [6, 6.07) is 0. The van der Waals surface area contributed by atoms with Crippen molar-refractivity contribution in [3.63, 3.8) is 0 Å². The van der Waals surface area contributed by atoms with Gasteiger partial charge in [-0.2, -0.15) is 0 Å². The molecule has 0 saturated carbocycles. The number of carbonyl (C=O) groups excluding carboxylic acids is 1. The molecule has 0 bridgehead atoms. The molecule has 0 N–H and O–H groups in total. The van der Waals surface area contributed by atoms with E-state index in [1.165, 1.54) is 12.5 Å². The molecule has 0 unspecified atom stereocenters. The van der Waals surface area contributed by atoms with Crippen LogP contribution in [0.2, 0.25) is 0 Å². The molecule has 1 heterocycles. The molecule has 0 spiro atoms. The normalized spacial score (nSPS) is 19.2. The van der Waals surface area contributed by atoms with Crippen LogP contribution < -0.4 is 0 Å². The zero-order valence-corrected chi connectivity index (χ0v) is 8.74. The standard InChI is InChI=1S/C10H18N2O2/c1-3-5-11-6-8-12(9-7-11)14-10(13)4-2/h4H,2-3,5-9H2,1H3. The van der Waals surface area contributed by atoms with Gasteiger partial charge in [-0.25, -0.2) is 4.79 Å². The number of rotatable bonds is 4. The monoisotopic (exact) mass is 198 g/mol. The lowest BCUT2D eigenvalue weighted by Gasteiger charge is -2.32. The number of hydrogen-bond acceptors (Lipinski definition) is 4. The Hall–Kier alpha value is -0.870. The zero-order chi connectivity index (χ0) is 10.4. The fraction of sp³-hybridized carbons (Fsp3) is 0.700. The minimum Gasteiger partial charge on any atom is -0.364 e. The molecule has 0 aromatic carbocycles. The first-order chi connectivity index (χ1) is 6.76. The average molecular weight is 198 g/mol. The molecule has 80 valence electrons. The molecule has 1 rings (SSSR count). The van der Waals surface area contributed by atoms with Crippen LogP contribution in [0.5, 0.6) is 0 Å². The fourth-order valence-electron chi connectivity index (χ4n) is 1.53. The van der Waals surface area contributed by atoms with Gasteiger partial charge in [-0.3, -0.25) is 0 Å². The van der Waals surface area contributed by atoms with Gasteiger partial charge in [0, 0.05) is 32.3 Å². The quantitative estimate of drug-likeness (QED) is 0.621. The van der Waals surface area contributed by atoms with Crippen molar-refractivity contribution in [2.45, 2.75) is 13.3 Å². The van der Waals surface area contributed by atoms with Crippen LogP contribution >= 0.6 is 0 Å². The largest absolute Gasteiger partial charge is 0.364 e. The molecular weight excluding hydrogens is 180 g/mol. The van der Waals surface area contributed by atoms with E-state index < -0.39 is 0 Å². The van der Waals surface area contributed by atoms with Crippen molar-refractivity contribution < 1.29 is 9.63 Å². The highest BCUT2D eigenvalue weighted by atomic mass is 16.7. The second-order valence-corrected chi connectivity index (χ2v) is 3.39. The Morgan fingerprint density at radius 1 is 1.43 bits per heavy atom. The fourth-order valence-corrected chi connectivity index (χ4v) is 1.53. The van der Waals surface area contributed by atoms with E-state index in [0.717, 1.165) is 32.7 Å². The number of nitrogens with zero attached hydrogens (tertiary/aromatic N) is 2. The Kier molecular flexibility index (Phi) is 4.62. The minimum atomic E-state index is -0.367. The molecule has 0 aromatic heterocycles. The topological polar surface area (TPSA) is 32.8 Å². The lowest BCUT2D eigenvalue weighted by atomic mass is 10.3. The maximum absolute atomic E-state index is 10.9. The van der Waals surface area contributed by atoms with Gasteiger partial charge in [0.15, 0.2) is 0 Å². The molecule has 4 heteroatoms. The first-order valence-electron chi connectivity index (χ1n) is 5.08. The molecule has 14 heavy (non-hydrogen) atoms. The summed E-state index contributed by atoms with van der Waals surface area (Å²) in [6.45, 7) is 10.2.